The fourth-order valence-corrected chi connectivity index (χ4v) is 3.52. The lowest BCUT2D eigenvalue weighted by molar-refractivity contribution is 0.131. The van der Waals surface area contributed by atoms with E-state index in [-0.39, 0.29) is 0 Å². The van der Waals surface area contributed by atoms with E-state index in [1.165, 1.54) is 31.4 Å². The molecular weight excluding hydrogens is 246 g/mol. The fraction of sp³-hybridized carbons (Fsp3) is 0.824. The van der Waals surface area contributed by atoms with Gasteiger partial charge < -0.3 is 5.73 Å². The zero-order valence-corrected chi connectivity index (χ0v) is 13.6. The molecule has 20 heavy (non-hydrogen) atoms. The van der Waals surface area contributed by atoms with Crippen LogP contribution < -0.4 is 5.73 Å². The highest BCUT2D eigenvalue weighted by Crippen LogP contribution is 2.42. The van der Waals surface area contributed by atoms with Gasteiger partial charge in [0.15, 0.2) is 0 Å². The third kappa shape index (κ3) is 3.43. The van der Waals surface area contributed by atoms with Crippen LogP contribution in [0.3, 0.4) is 0 Å². The quantitative estimate of drug-likeness (QED) is 0.889. The van der Waals surface area contributed by atoms with Crippen LogP contribution in [-0.2, 0) is 6.42 Å². The van der Waals surface area contributed by atoms with Gasteiger partial charge in [-0.2, -0.15) is 5.10 Å². The molecule has 1 aliphatic rings. The molecule has 3 heteroatoms. The third-order valence-corrected chi connectivity index (χ3v) is 5.22. The van der Waals surface area contributed by atoms with E-state index in [0.29, 0.717) is 11.5 Å². The van der Waals surface area contributed by atoms with Crippen molar-refractivity contribution in [3.63, 3.8) is 0 Å². The number of hydrogen-bond acceptors (Lipinski definition) is 2. The predicted octanol–water partition coefficient (Wildman–Crippen LogP) is 3.80. The van der Waals surface area contributed by atoms with E-state index in [0.717, 1.165) is 24.8 Å². The summed E-state index contributed by atoms with van der Waals surface area (Å²) in [6.07, 6.45) is 8.35. The molecule has 1 aliphatic carbocycles. The second kappa shape index (κ2) is 6.30. The van der Waals surface area contributed by atoms with E-state index in [2.05, 4.69) is 44.6 Å². The number of aromatic nitrogens is 2. The summed E-state index contributed by atoms with van der Waals surface area (Å²) in [4.78, 5) is 0. The standard InChI is InChI=1S/C17H31N3/c1-13(2)15-5-8-17(12-18,9-6-15)11-16-7-10-20(19-16)14(3)4/h7,10,13-15H,5-6,8-9,11-12,18H2,1-4H3. The van der Waals surface area contributed by atoms with E-state index >= 15 is 0 Å². The summed E-state index contributed by atoms with van der Waals surface area (Å²) in [6, 6.07) is 2.61. The maximum absolute atomic E-state index is 6.14. The van der Waals surface area contributed by atoms with E-state index in [9.17, 15) is 0 Å². The maximum Gasteiger partial charge on any atom is 0.0630 e. The highest BCUT2D eigenvalue weighted by molar-refractivity contribution is 5.05. The number of hydrogen-bond donors (Lipinski definition) is 1. The first-order chi connectivity index (χ1) is 9.46. The van der Waals surface area contributed by atoms with Gasteiger partial charge in [-0.25, -0.2) is 0 Å². The average Bonchev–Trinajstić information content (AvgIpc) is 2.88. The monoisotopic (exact) mass is 277 g/mol. The predicted molar refractivity (Wildman–Crippen MR) is 84.6 cm³/mol. The van der Waals surface area contributed by atoms with Crippen molar-refractivity contribution < 1.29 is 0 Å². The lowest BCUT2D eigenvalue weighted by atomic mass is 9.66. The molecule has 0 bridgehead atoms. The summed E-state index contributed by atoms with van der Waals surface area (Å²) in [5.74, 6) is 1.70. The summed E-state index contributed by atoms with van der Waals surface area (Å²) in [6.45, 7) is 9.84. The normalized spacial score (nSPS) is 27.4. The Kier molecular flexibility index (Phi) is 4.90. The Labute approximate surface area is 123 Å². The summed E-state index contributed by atoms with van der Waals surface area (Å²) < 4.78 is 2.05. The first-order valence-electron chi connectivity index (χ1n) is 8.20. The summed E-state index contributed by atoms with van der Waals surface area (Å²) in [5.41, 5.74) is 7.65. The first kappa shape index (κ1) is 15.6. The van der Waals surface area contributed by atoms with Crippen LogP contribution in [0.5, 0.6) is 0 Å². The van der Waals surface area contributed by atoms with Crippen LogP contribution in [0, 0.1) is 17.3 Å². The van der Waals surface area contributed by atoms with Gasteiger partial charge in [0.1, 0.15) is 0 Å². The van der Waals surface area contributed by atoms with Crippen molar-refractivity contribution in [3.05, 3.63) is 18.0 Å². The van der Waals surface area contributed by atoms with Gasteiger partial charge in [-0.1, -0.05) is 13.8 Å². The van der Waals surface area contributed by atoms with Crippen LogP contribution in [0.1, 0.15) is 65.1 Å². The Hall–Kier alpha value is -0.830. The van der Waals surface area contributed by atoms with E-state index in [1.54, 1.807) is 0 Å². The molecular formula is C17H31N3. The van der Waals surface area contributed by atoms with Crippen molar-refractivity contribution in [1.29, 1.82) is 0 Å². The van der Waals surface area contributed by atoms with Gasteiger partial charge in [0, 0.05) is 12.2 Å². The van der Waals surface area contributed by atoms with Crippen molar-refractivity contribution in [2.45, 2.75) is 65.8 Å². The first-order valence-corrected chi connectivity index (χ1v) is 8.20. The molecule has 0 unspecified atom stereocenters. The zero-order valence-electron chi connectivity index (χ0n) is 13.6. The van der Waals surface area contributed by atoms with Gasteiger partial charge >= 0.3 is 0 Å². The van der Waals surface area contributed by atoms with Crippen LogP contribution in [0.15, 0.2) is 12.3 Å². The topological polar surface area (TPSA) is 43.8 Å². The van der Waals surface area contributed by atoms with Crippen LogP contribution in [0.25, 0.3) is 0 Å². The van der Waals surface area contributed by atoms with Crippen LogP contribution in [0.2, 0.25) is 0 Å². The van der Waals surface area contributed by atoms with Crippen molar-refractivity contribution >= 4 is 0 Å². The number of nitrogens with zero attached hydrogens (tertiary/aromatic N) is 2. The van der Waals surface area contributed by atoms with Crippen molar-refractivity contribution in [3.8, 4) is 0 Å². The Morgan fingerprint density at radius 2 is 1.95 bits per heavy atom. The van der Waals surface area contributed by atoms with Gasteiger partial charge in [-0.05, 0) is 75.8 Å². The van der Waals surface area contributed by atoms with Gasteiger partial charge in [0.05, 0.1) is 5.69 Å². The van der Waals surface area contributed by atoms with Crippen LogP contribution >= 0.6 is 0 Å². The summed E-state index contributed by atoms with van der Waals surface area (Å²) in [5, 5.41) is 4.71. The highest BCUT2D eigenvalue weighted by atomic mass is 15.3. The third-order valence-electron chi connectivity index (χ3n) is 5.22. The molecule has 114 valence electrons. The molecule has 1 fully saturated rings. The lowest BCUT2D eigenvalue weighted by Gasteiger charge is -2.40. The molecule has 2 rings (SSSR count). The average molecular weight is 277 g/mol. The zero-order chi connectivity index (χ0) is 14.8. The minimum atomic E-state index is 0.293. The Balaban J connectivity index is 2.01. The molecule has 0 aromatic carbocycles. The second-order valence-electron chi connectivity index (χ2n) is 7.34. The molecule has 0 radical (unpaired) electrons. The van der Waals surface area contributed by atoms with Crippen molar-refractivity contribution in [2.24, 2.45) is 23.0 Å². The van der Waals surface area contributed by atoms with Gasteiger partial charge in [0.2, 0.25) is 0 Å². The number of rotatable bonds is 5. The molecule has 1 aromatic rings. The molecule has 1 saturated carbocycles. The smallest absolute Gasteiger partial charge is 0.0630 e. The molecule has 0 atom stereocenters. The van der Waals surface area contributed by atoms with E-state index < -0.39 is 0 Å². The van der Waals surface area contributed by atoms with Crippen molar-refractivity contribution in [2.75, 3.05) is 6.54 Å². The van der Waals surface area contributed by atoms with Crippen LogP contribution in [-0.4, -0.2) is 16.3 Å². The fourth-order valence-electron chi connectivity index (χ4n) is 3.52. The minimum Gasteiger partial charge on any atom is -0.330 e. The summed E-state index contributed by atoms with van der Waals surface area (Å²) >= 11 is 0. The highest BCUT2D eigenvalue weighted by Gasteiger charge is 2.35. The summed E-state index contributed by atoms with van der Waals surface area (Å²) in [7, 11) is 0. The SMILES string of the molecule is CC(C)C1CCC(CN)(Cc2ccn(C(C)C)n2)CC1. The Morgan fingerprint density at radius 1 is 1.30 bits per heavy atom. The lowest BCUT2D eigenvalue weighted by Crippen LogP contribution is -2.37. The Morgan fingerprint density at radius 3 is 2.40 bits per heavy atom. The molecule has 0 spiro atoms. The molecule has 0 aliphatic heterocycles. The second-order valence-corrected chi connectivity index (χ2v) is 7.34. The molecule has 3 nitrogen and oxygen atoms in total. The maximum atomic E-state index is 6.14. The molecule has 1 heterocycles. The van der Waals surface area contributed by atoms with Gasteiger partial charge in [-0.15, -0.1) is 0 Å². The number of nitrogens with two attached hydrogens (primary N) is 1. The Bertz CT molecular complexity index is 412. The van der Waals surface area contributed by atoms with Gasteiger partial charge in [-0.3, -0.25) is 4.68 Å². The molecule has 0 saturated heterocycles. The van der Waals surface area contributed by atoms with E-state index in [1.807, 2.05) is 0 Å². The van der Waals surface area contributed by atoms with E-state index in [4.69, 9.17) is 10.8 Å². The molecule has 1 aromatic heterocycles. The van der Waals surface area contributed by atoms with Gasteiger partial charge in [0.25, 0.3) is 0 Å². The molecule has 0 amide bonds. The largest absolute Gasteiger partial charge is 0.330 e. The molecule has 2 N–H and O–H groups in total. The minimum absolute atomic E-state index is 0.293. The van der Waals surface area contributed by atoms with Crippen LogP contribution in [0.4, 0.5) is 0 Å². The van der Waals surface area contributed by atoms with Crippen molar-refractivity contribution in [1.82, 2.24) is 9.78 Å².